The van der Waals surface area contributed by atoms with Gasteiger partial charge in [-0.2, -0.15) is 5.26 Å². The first-order chi connectivity index (χ1) is 11.4. The summed E-state index contributed by atoms with van der Waals surface area (Å²) in [7, 11) is 1.28. The molecule has 0 saturated carbocycles. The van der Waals surface area contributed by atoms with Gasteiger partial charge in [0.2, 0.25) is 5.24 Å². The summed E-state index contributed by atoms with van der Waals surface area (Å²) in [5, 5.41) is 8.45. The minimum absolute atomic E-state index is 0.00549. The monoisotopic (exact) mass is 354 g/mol. The highest BCUT2D eigenvalue weighted by Crippen LogP contribution is 2.45. The van der Waals surface area contributed by atoms with E-state index in [2.05, 4.69) is 4.98 Å². The summed E-state index contributed by atoms with van der Waals surface area (Å²) in [6, 6.07) is 2.03. The van der Waals surface area contributed by atoms with Gasteiger partial charge in [0, 0.05) is 19.8 Å². The Hall–Kier alpha value is -1.91. The molecule has 2 rings (SSSR count). The lowest BCUT2D eigenvalue weighted by Crippen LogP contribution is -2.46. The molecule has 1 aliphatic rings. The van der Waals surface area contributed by atoms with E-state index < -0.39 is 22.7 Å². The van der Waals surface area contributed by atoms with Crippen LogP contribution < -0.4 is 0 Å². The van der Waals surface area contributed by atoms with E-state index in [4.69, 9.17) is 30.8 Å². The number of methoxy groups -OCH3 is 1. The van der Waals surface area contributed by atoms with Gasteiger partial charge in [0.05, 0.1) is 19.8 Å². The third kappa shape index (κ3) is 3.30. The molecule has 0 spiro atoms. The van der Waals surface area contributed by atoms with Crippen LogP contribution in [0.25, 0.3) is 0 Å². The number of carbonyl (C=O) groups is 2. The van der Waals surface area contributed by atoms with Crippen molar-refractivity contribution in [2.75, 3.05) is 13.7 Å². The largest absolute Gasteiger partial charge is 0.468 e. The van der Waals surface area contributed by atoms with Crippen molar-refractivity contribution < 1.29 is 23.5 Å². The minimum atomic E-state index is -1.21. The van der Waals surface area contributed by atoms with Gasteiger partial charge in [0.25, 0.3) is 0 Å². The van der Waals surface area contributed by atoms with Gasteiger partial charge in [0.1, 0.15) is 17.6 Å². The molecule has 130 valence electrons. The number of fused-ring (bicyclic) bond motifs is 1. The van der Waals surface area contributed by atoms with E-state index in [9.17, 15) is 9.59 Å². The second-order valence-corrected chi connectivity index (χ2v) is 6.37. The molecular formula is C16H19ClN2O5. The minimum Gasteiger partial charge on any atom is -0.468 e. The van der Waals surface area contributed by atoms with Gasteiger partial charge in [-0.05, 0) is 23.9 Å². The molecule has 24 heavy (non-hydrogen) atoms. The molecule has 2 heterocycles. The Balaban J connectivity index is 2.48. The summed E-state index contributed by atoms with van der Waals surface area (Å²) >= 11 is 5.47. The molecule has 1 aliphatic heterocycles. The summed E-state index contributed by atoms with van der Waals surface area (Å²) in [5.74, 6) is -0.0307. The molecule has 1 aromatic heterocycles. The van der Waals surface area contributed by atoms with E-state index >= 15 is 0 Å². The molecule has 0 aliphatic carbocycles. The first kappa shape index (κ1) is 18.4. The highest BCUT2D eigenvalue weighted by molar-refractivity contribution is 6.63. The zero-order valence-corrected chi connectivity index (χ0v) is 14.6. The standard InChI is InChI=1S/C16H19ClN2O5/c1-9(7-11(17)20)13-12-14(24-10(2)19-12)16(8-23-13,5-4-6-18)15(21)22-3/h9,13H,4-5,7-8H2,1-3H3. The summed E-state index contributed by atoms with van der Waals surface area (Å²) < 4.78 is 16.5. The Bertz CT molecular complexity index is 680. The van der Waals surface area contributed by atoms with Crippen molar-refractivity contribution in [3.63, 3.8) is 0 Å². The molecule has 0 bridgehead atoms. The Morgan fingerprint density at radius 2 is 2.29 bits per heavy atom. The Labute approximate surface area is 144 Å². The molecule has 0 N–H and O–H groups in total. The lowest BCUT2D eigenvalue weighted by Gasteiger charge is -2.37. The zero-order valence-electron chi connectivity index (χ0n) is 13.8. The topological polar surface area (TPSA) is 102 Å². The van der Waals surface area contributed by atoms with Gasteiger partial charge >= 0.3 is 5.97 Å². The number of ether oxygens (including phenoxy) is 2. The Morgan fingerprint density at radius 3 is 2.88 bits per heavy atom. The average Bonchev–Trinajstić information content (AvgIpc) is 2.92. The van der Waals surface area contributed by atoms with Gasteiger partial charge in [-0.3, -0.25) is 9.59 Å². The third-order valence-electron chi connectivity index (χ3n) is 4.21. The molecule has 3 atom stereocenters. The van der Waals surface area contributed by atoms with E-state index in [1.807, 2.05) is 13.0 Å². The molecule has 7 nitrogen and oxygen atoms in total. The summed E-state index contributed by atoms with van der Waals surface area (Å²) in [5.41, 5.74) is -0.741. The highest BCUT2D eigenvalue weighted by Gasteiger charge is 2.52. The van der Waals surface area contributed by atoms with Crippen molar-refractivity contribution in [3.8, 4) is 6.07 Å². The highest BCUT2D eigenvalue weighted by atomic mass is 35.5. The molecule has 8 heteroatoms. The number of halogens is 1. The fourth-order valence-corrected chi connectivity index (χ4v) is 3.30. The molecule has 0 amide bonds. The number of carbonyl (C=O) groups excluding carboxylic acids is 2. The predicted molar refractivity (Wildman–Crippen MR) is 83.1 cm³/mol. The lowest BCUT2D eigenvalue weighted by atomic mass is 9.77. The van der Waals surface area contributed by atoms with E-state index in [1.54, 1.807) is 6.92 Å². The van der Waals surface area contributed by atoms with Gasteiger partial charge in [-0.25, -0.2) is 4.98 Å². The van der Waals surface area contributed by atoms with Crippen molar-refractivity contribution in [1.82, 2.24) is 4.98 Å². The zero-order chi connectivity index (χ0) is 17.9. The number of oxazole rings is 1. The van der Waals surface area contributed by atoms with Crippen molar-refractivity contribution >= 4 is 22.8 Å². The first-order valence-electron chi connectivity index (χ1n) is 7.58. The summed E-state index contributed by atoms with van der Waals surface area (Å²) in [4.78, 5) is 28.0. The number of nitrogens with zero attached hydrogens (tertiary/aromatic N) is 2. The first-order valence-corrected chi connectivity index (χ1v) is 7.96. The fraction of sp³-hybridized carbons (Fsp3) is 0.625. The maximum atomic E-state index is 12.4. The number of nitriles is 1. The average molecular weight is 355 g/mol. The molecule has 1 aromatic rings. The van der Waals surface area contributed by atoms with Crippen LogP contribution in [0.3, 0.4) is 0 Å². The number of aromatic nitrogens is 1. The van der Waals surface area contributed by atoms with E-state index in [1.165, 1.54) is 7.11 Å². The van der Waals surface area contributed by atoms with Crippen LogP contribution >= 0.6 is 11.6 Å². The lowest BCUT2D eigenvalue weighted by molar-refractivity contribution is -0.156. The molecule has 3 unspecified atom stereocenters. The van der Waals surface area contributed by atoms with Gasteiger partial charge in [-0.1, -0.05) is 6.92 Å². The number of hydrogen-bond acceptors (Lipinski definition) is 7. The number of hydrogen-bond donors (Lipinski definition) is 0. The second-order valence-electron chi connectivity index (χ2n) is 5.95. The van der Waals surface area contributed by atoms with Gasteiger partial charge in [-0.15, -0.1) is 0 Å². The number of aryl methyl sites for hydroxylation is 1. The van der Waals surface area contributed by atoms with Gasteiger partial charge < -0.3 is 13.9 Å². The van der Waals surface area contributed by atoms with Crippen LogP contribution in [0.1, 0.15) is 49.6 Å². The van der Waals surface area contributed by atoms with Crippen LogP contribution in [-0.4, -0.2) is 29.9 Å². The van der Waals surface area contributed by atoms with E-state index in [0.717, 1.165) is 0 Å². The molecule has 0 saturated heterocycles. The quantitative estimate of drug-likeness (QED) is 0.571. The smallest absolute Gasteiger partial charge is 0.322 e. The van der Waals surface area contributed by atoms with Crippen molar-refractivity contribution in [2.24, 2.45) is 5.92 Å². The van der Waals surface area contributed by atoms with Crippen LogP contribution in [0.2, 0.25) is 0 Å². The van der Waals surface area contributed by atoms with Gasteiger partial charge in [0.15, 0.2) is 11.3 Å². The predicted octanol–water partition coefficient (Wildman–Crippen LogP) is 2.56. The molecular weight excluding hydrogens is 336 g/mol. The maximum absolute atomic E-state index is 12.4. The SMILES string of the molecule is COC(=O)C1(CCC#N)COC(C(C)CC(=O)Cl)c2nc(C)oc21. The van der Waals surface area contributed by atoms with E-state index in [-0.39, 0.29) is 31.8 Å². The normalized spacial score (nSPS) is 23.9. The fourth-order valence-electron chi connectivity index (χ4n) is 3.05. The third-order valence-corrected chi connectivity index (χ3v) is 4.37. The van der Waals surface area contributed by atoms with Crippen LogP contribution in [0, 0.1) is 24.2 Å². The number of rotatable bonds is 6. The Morgan fingerprint density at radius 1 is 1.58 bits per heavy atom. The summed E-state index contributed by atoms with van der Waals surface area (Å²) in [6.45, 7) is 3.48. The van der Waals surface area contributed by atoms with Crippen LogP contribution in [0.5, 0.6) is 0 Å². The number of esters is 1. The van der Waals surface area contributed by atoms with Crippen molar-refractivity contribution in [3.05, 3.63) is 17.3 Å². The maximum Gasteiger partial charge on any atom is 0.322 e. The van der Waals surface area contributed by atoms with Crippen LogP contribution in [0.15, 0.2) is 4.42 Å². The van der Waals surface area contributed by atoms with E-state index in [0.29, 0.717) is 17.3 Å². The Kier molecular flexibility index (Phi) is 5.62. The second kappa shape index (κ2) is 7.32. The summed E-state index contributed by atoms with van der Waals surface area (Å²) in [6.07, 6.45) is -0.0631. The van der Waals surface area contributed by atoms with Crippen molar-refractivity contribution in [1.29, 1.82) is 5.26 Å². The van der Waals surface area contributed by atoms with Crippen LogP contribution in [-0.2, 0) is 24.5 Å². The van der Waals surface area contributed by atoms with Crippen molar-refractivity contribution in [2.45, 2.75) is 44.6 Å². The molecule has 0 radical (unpaired) electrons. The van der Waals surface area contributed by atoms with Crippen LogP contribution in [0.4, 0.5) is 0 Å². The molecule has 0 fully saturated rings. The molecule has 0 aromatic carbocycles.